The zero-order valence-corrected chi connectivity index (χ0v) is 23.4. The normalized spacial score (nSPS) is 13.7. The summed E-state index contributed by atoms with van der Waals surface area (Å²) in [6.45, 7) is 5.29. The molecule has 0 atom stereocenters. The highest BCUT2D eigenvalue weighted by molar-refractivity contribution is 6.44. The second kappa shape index (κ2) is 14.2. The number of carbonyl (C=O) groups is 2. The van der Waals surface area contributed by atoms with E-state index in [9.17, 15) is 9.59 Å². The van der Waals surface area contributed by atoms with E-state index in [0.29, 0.717) is 41.5 Å². The quantitative estimate of drug-likeness (QED) is 0.272. The van der Waals surface area contributed by atoms with Crippen molar-refractivity contribution in [3.05, 3.63) is 87.9 Å². The van der Waals surface area contributed by atoms with Crippen molar-refractivity contribution in [3.8, 4) is 0 Å². The predicted octanol–water partition coefficient (Wildman–Crippen LogP) is 5.73. The first kappa shape index (κ1) is 28.7. The van der Waals surface area contributed by atoms with Gasteiger partial charge in [-0.15, -0.1) is 0 Å². The fourth-order valence-electron chi connectivity index (χ4n) is 4.46. The number of urea groups is 1. The molecule has 0 aliphatic carbocycles. The lowest BCUT2D eigenvalue weighted by molar-refractivity contribution is 0.0949. The van der Waals surface area contributed by atoms with Crippen LogP contribution >= 0.6 is 23.2 Å². The lowest BCUT2D eigenvalue weighted by Crippen LogP contribution is -2.46. The summed E-state index contributed by atoms with van der Waals surface area (Å²) in [6.07, 6.45) is 0.705. The van der Waals surface area contributed by atoms with Crippen LogP contribution in [0.4, 0.5) is 21.9 Å². The molecule has 3 N–H and O–H groups in total. The Hall–Kier alpha value is -3.30. The van der Waals surface area contributed by atoms with E-state index in [-0.39, 0.29) is 10.9 Å². The highest BCUT2D eigenvalue weighted by Gasteiger charge is 2.22. The van der Waals surface area contributed by atoms with Crippen molar-refractivity contribution in [3.63, 3.8) is 0 Å². The van der Waals surface area contributed by atoms with E-state index in [4.69, 9.17) is 27.9 Å². The minimum Gasteiger partial charge on any atom is -0.385 e. The van der Waals surface area contributed by atoms with Gasteiger partial charge in [0.25, 0.3) is 5.91 Å². The number of anilines is 3. The summed E-state index contributed by atoms with van der Waals surface area (Å²) in [5.74, 6) is -0.199. The van der Waals surface area contributed by atoms with E-state index in [0.717, 1.165) is 38.4 Å². The van der Waals surface area contributed by atoms with Gasteiger partial charge in [-0.25, -0.2) is 4.79 Å². The molecule has 39 heavy (non-hydrogen) atoms. The van der Waals surface area contributed by atoms with E-state index in [2.05, 4.69) is 50.0 Å². The van der Waals surface area contributed by atoms with Crippen LogP contribution in [-0.4, -0.2) is 63.3 Å². The second-order valence-electron chi connectivity index (χ2n) is 9.26. The van der Waals surface area contributed by atoms with Crippen LogP contribution in [0, 0.1) is 0 Å². The Morgan fingerprint density at radius 2 is 1.69 bits per heavy atom. The molecule has 4 rings (SSSR count). The minimum absolute atomic E-state index is 0.199. The number of halogens is 2. The minimum atomic E-state index is -0.493. The summed E-state index contributed by atoms with van der Waals surface area (Å²) in [5.41, 5.74) is 3.50. The molecule has 8 nitrogen and oxygen atoms in total. The Morgan fingerprint density at radius 1 is 0.923 bits per heavy atom. The van der Waals surface area contributed by atoms with E-state index in [1.54, 1.807) is 37.4 Å². The van der Waals surface area contributed by atoms with Gasteiger partial charge in [0.1, 0.15) is 0 Å². The Bertz CT molecular complexity index is 1270. The second-order valence-corrected chi connectivity index (χ2v) is 10.0. The molecule has 1 saturated heterocycles. The van der Waals surface area contributed by atoms with Crippen LogP contribution in [0.1, 0.15) is 22.3 Å². The number of hydrogen-bond acceptors (Lipinski definition) is 5. The summed E-state index contributed by atoms with van der Waals surface area (Å²) in [5, 5.41) is 9.07. The molecule has 1 aliphatic heterocycles. The summed E-state index contributed by atoms with van der Waals surface area (Å²) in [4.78, 5) is 30.6. The number of carbonyl (C=O) groups excluding carboxylic acids is 2. The number of benzene rings is 3. The van der Waals surface area contributed by atoms with Crippen molar-refractivity contribution in [2.24, 2.45) is 0 Å². The van der Waals surface area contributed by atoms with Gasteiger partial charge in [-0.1, -0.05) is 59.6 Å². The van der Waals surface area contributed by atoms with Crippen molar-refractivity contribution in [1.29, 1.82) is 0 Å². The average molecular weight is 571 g/mol. The number of rotatable bonds is 10. The molecule has 1 aliphatic rings. The fraction of sp³-hybridized carbons (Fsp3) is 0.310. The number of ether oxygens (including phenoxy) is 1. The van der Waals surface area contributed by atoms with Gasteiger partial charge in [0.15, 0.2) is 0 Å². The third-order valence-corrected chi connectivity index (χ3v) is 7.29. The lowest BCUT2D eigenvalue weighted by atomic mass is 10.1. The first-order valence-corrected chi connectivity index (χ1v) is 13.6. The van der Waals surface area contributed by atoms with Gasteiger partial charge in [0.2, 0.25) is 0 Å². The molecule has 3 aromatic carbocycles. The number of nitrogens with zero attached hydrogens (tertiary/aromatic N) is 2. The maximum absolute atomic E-state index is 13.2. The van der Waals surface area contributed by atoms with Gasteiger partial charge >= 0.3 is 6.03 Å². The van der Waals surface area contributed by atoms with Gasteiger partial charge in [0, 0.05) is 64.4 Å². The number of amides is 3. The molecule has 10 heteroatoms. The van der Waals surface area contributed by atoms with Gasteiger partial charge in [0.05, 0.1) is 21.3 Å². The van der Waals surface area contributed by atoms with Gasteiger partial charge in [-0.3, -0.25) is 9.69 Å². The molecule has 0 radical (unpaired) electrons. The molecule has 0 unspecified atom stereocenters. The Labute approximate surface area is 239 Å². The third-order valence-electron chi connectivity index (χ3n) is 6.47. The van der Waals surface area contributed by atoms with Gasteiger partial charge < -0.3 is 25.6 Å². The van der Waals surface area contributed by atoms with E-state index in [1.807, 2.05) is 12.1 Å². The summed E-state index contributed by atoms with van der Waals surface area (Å²) < 4.78 is 5.09. The van der Waals surface area contributed by atoms with E-state index >= 15 is 0 Å². The third kappa shape index (κ3) is 8.10. The summed E-state index contributed by atoms with van der Waals surface area (Å²) >= 11 is 12.2. The van der Waals surface area contributed by atoms with Crippen LogP contribution in [0.3, 0.4) is 0 Å². The molecule has 3 amide bonds. The number of piperazine rings is 1. The highest BCUT2D eigenvalue weighted by atomic mass is 35.5. The maximum Gasteiger partial charge on any atom is 0.323 e. The molecule has 0 saturated carbocycles. The molecular weight excluding hydrogens is 537 g/mol. The van der Waals surface area contributed by atoms with Crippen molar-refractivity contribution < 1.29 is 14.3 Å². The van der Waals surface area contributed by atoms with E-state index in [1.165, 1.54) is 5.56 Å². The smallest absolute Gasteiger partial charge is 0.323 e. The van der Waals surface area contributed by atoms with Crippen molar-refractivity contribution in [1.82, 2.24) is 10.2 Å². The van der Waals surface area contributed by atoms with Crippen LogP contribution in [0.2, 0.25) is 10.0 Å². The Balaban J connectivity index is 1.46. The van der Waals surface area contributed by atoms with Crippen molar-refractivity contribution in [2.45, 2.75) is 13.0 Å². The average Bonchev–Trinajstić information content (AvgIpc) is 2.94. The predicted molar refractivity (Wildman–Crippen MR) is 158 cm³/mol. The SMILES string of the molecule is COCCCNC(=O)c1cc(NC(=O)Nc2cccc(Cl)c2Cl)ccc1N1CCN(Cc2ccccc2)CC1. The Morgan fingerprint density at radius 3 is 2.44 bits per heavy atom. The molecule has 1 heterocycles. The number of methoxy groups -OCH3 is 1. The van der Waals surface area contributed by atoms with Crippen LogP contribution in [0.15, 0.2) is 66.7 Å². The van der Waals surface area contributed by atoms with Gasteiger partial charge in [-0.2, -0.15) is 0 Å². The van der Waals surface area contributed by atoms with E-state index < -0.39 is 6.03 Å². The molecule has 0 spiro atoms. The lowest BCUT2D eigenvalue weighted by Gasteiger charge is -2.37. The molecular formula is C29H33Cl2N5O3. The first-order chi connectivity index (χ1) is 18.9. The highest BCUT2D eigenvalue weighted by Crippen LogP contribution is 2.30. The van der Waals surface area contributed by atoms with Crippen LogP contribution in [0.25, 0.3) is 0 Å². The summed E-state index contributed by atoms with van der Waals surface area (Å²) in [7, 11) is 1.63. The summed E-state index contributed by atoms with van der Waals surface area (Å²) in [6, 6.07) is 20.3. The fourth-order valence-corrected chi connectivity index (χ4v) is 4.81. The molecule has 1 fully saturated rings. The van der Waals surface area contributed by atoms with Crippen LogP contribution in [0.5, 0.6) is 0 Å². The molecule has 3 aromatic rings. The molecule has 0 aromatic heterocycles. The first-order valence-electron chi connectivity index (χ1n) is 12.9. The zero-order chi connectivity index (χ0) is 27.6. The Kier molecular flexibility index (Phi) is 10.4. The van der Waals surface area contributed by atoms with Gasteiger partial charge in [-0.05, 0) is 42.3 Å². The number of nitrogens with one attached hydrogen (secondary N) is 3. The van der Waals surface area contributed by atoms with Crippen LogP contribution < -0.4 is 20.9 Å². The monoisotopic (exact) mass is 569 g/mol. The topological polar surface area (TPSA) is 85.9 Å². The largest absolute Gasteiger partial charge is 0.385 e. The number of hydrogen-bond donors (Lipinski definition) is 3. The molecule has 0 bridgehead atoms. The molecule has 206 valence electrons. The van der Waals surface area contributed by atoms with Crippen LogP contribution in [-0.2, 0) is 11.3 Å². The zero-order valence-electron chi connectivity index (χ0n) is 21.9. The maximum atomic E-state index is 13.2. The van der Waals surface area contributed by atoms with Crippen molar-refractivity contribution in [2.75, 3.05) is 62.0 Å². The standard InChI is InChI=1S/C29H33Cl2N5O3/c1-39-18-6-13-32-28(37)23-19-22(33-29(38)34-25-10-5-9-24(30)27(25)31)11-12-26(23)36-16-14-35(15-17-36)20-21-7-3-2-4-8-21/h2-5,7-12,19H,6,13-18,20H2,1H3,(H,32,37)(H2,33,34,38). The van der Waals surface area contributed by atoms with Crippen molar-refractivity contribution >= 4 is 52.2 Å².